The van der Waals surface area contributed by atoms with E-state index in [0.29, 0.717) is 47.5 Å². The van der Waals surface area contributed by atoms with Crippen molar-refractivity contribution in [3.63, 3.8) is 0 Å². The Hall–Kier alpha value is -5.75. The van der Waals surface area contributed by atoms with Crippen molar-refractivity contribution in [2.75, 3.05) is 48.1 Å². The fourth-order valence-corrected chi connectivity index (χ4v) is 27.4. The first-order valence-electron chi connectivity index (χ1n) is 37.8. The summed E-state index contributed by atoms with van der Waals surface area (Å²) in [4.78, 5) is 8.17. The molecule has 12 aliphatic rings. The minimum absolute atomic E-state index is 0.0146. The quantitative estimate of drug-likeness (QED) is 0.0244. The number of aliphatic hydroxyl groups is 1. The zero-order chi connectivity index (χ0) is 81.7. The Morgan fingerprint density at radius 3 is 0.752 bits per heavy atom. The highest BCUT2D eigenvalue weighted by Gasteiger charge is 2.54. The first-order valence-corrected chi connectivity index (χ1v) is 47.2. The summed E-state index contributed by atoms with van der Waals surface area (Å²) in [5, 5.41) is 9.43. The number of rotatable bonds is 20. The van der Waals surface area contributed by atoms with Gasteiger partial charge in [0, 0.05) is 12.2 Å². The molecule has 618 valence electrons. The van der Waals surface area contributed by atoms with Gasteiger partial charge in [0.15, 0.2) is 49.4 Å². The van der Waals surface area contributed by atoms with Gasteiger partial charge in [0.05, 0.1) is 63.3 Å². The van der Waals surface area contributed by atoms with E-state index >= 15 is 0 Å². The monoisotopic (exact) mass is 1710 g/mol. The second kappa shape index (κ2) is 37.9. The van der Waals surface area contributed by atoms with Crippen LogP contribution >= 0.6 is 0 Å². The molecule has 12 aliphatic carbocycles. The number of benzene rings is 7. The Labute approximate surface area is 669 Å². The van der Waals surface area contributed by atoms with E-state index in [9.17, 15) is 78.1 Å². The third-order valence-corrected chi connectivity index (χ3v) is 32.3. The van der Waals surface area contributed by atoms with Crippen LogP contribution in [0.15, 0.2) is 242 Å². The number of halogens is 6. The summed E-state index contributed by atoms with van der Waals surface area (Å²) in [6.45, 7) is 0.975. The lowest BCUT2D eigenvalue weighted by Crippen LogP contribution is -2.48. The number of nitrogens with zero attached hydrogens (tertiary/aromatic N) is 3. The molecule has 0 unspecified atom stereocenters. The summed E-state index contributed by atoms with van der Waals surface area (Å²) in [6, 6.07) is 74.9. The predicted molar refractivity (Wildman–Crippen MR) is 423 cm³/mol. The maximum Gasteiger partial charge on any atom is 0.480 e. The van der Waals surface area contributed by atoms with Gasteiger partial charge in [-0.3, -0.25) is 12.5 Å². The number of hydrogen-bond donors (Lipinski definition) is 1. The smallest absolute Gasteiger partial charge is 0.480 e. The number of aliphatic hydroxyl groups excluding tert-OH is 1. The molecular weight excluding hydrogens is 1610 g/mol. The molecule has 7 aromatic rings. The van der Waals surface area contributed by atoms with E-state index in [-0.39, 0.29) is 45.8 Å². The van der Waals surface area contributed by atoms with Gasteiger partial charge in [-0.2, -0.15) is 26.3 Å². The fourth-order valence-electron chi connectivity index (χ4n) is 19.5. The molecule has 0 aromatic heterocycles. The summed E-state index contributed by atoms with van der Waals surface area (Å²) in [5.74, 6) is 5.99. The van der Waals surface area contributed by atoms with Crippen molar-refractivity contribution in [2.24, 2.45) is 69.5 Å². The molecule has 0 heterocycles. The van der Waals surface area contributed by atoms with E-state index in [4.69, 9.17) is 0 Å². The minimum atomic E-state index is -6.12. The maximum absolute atomic E-state index is 12.2. The van der Waals surface area contributed by atoms with E-state index < -0.39 is 62.1 Å². The van der Waals surface area contributed by atoms with Crippen LogP contribution in [0.4, 0.5) is 26.3 Å². The van der Waals surface area contributed by atoms with E-state index in [2.05, 4.69) is 246 Å². The van der Waals surface area contributed by atoms with Crippen LogP contribution in [0.5, 0.6) is 0 Å². The van der Waals surface area contributed by atoms with Crippen LogP contribution in [-0.2, 0) is 91.9 Å². The molecule has 12 bridgehead atoms. The molecule has 12 fully saturated rings. The third kappa shape index (κ3) is 26.1. The lowest BCUT2D eigenvalue weighted by Gasteiger charge is -2.56. The fraction of sp³-hybridized carbons (Fsp3) is 0.488. The third-order valence-electron chi connectivity index (χ3n) is 22.4. The van der Waals surface area contributed by atoms with Crippen LogP contribution in [0.1, 0.15) is 121 Å². The average molecular weight is 1710 g/mol. The van der Waals surface area contributed by atoms with Crippen molar-refractivity contribution in [1.82, 2.24) is 0 Å². The summed E-state index contributed by atoms with van der Waals surface area (Å²) >= 11 is 0. The molecule has 7 aromatic carbocycles. The van der Waals surface area contributed by atoms with Crippen LogP contribution < -0.4 is 0 Å². The van der Waals surface area contributed by atoms with Gasteiger partial charge in [-0.05, 0) is 258 Å². The van der Waals surface area contributed by atoms with E-state index in [0.717, 1.165) is 113 Å². The van der Waals surface area contributed by atoms with Crippen molar-refractivity contribution < 1.29 is 95.1 Å². The predicted octanol–water partition coefficient (Wildman–Crippen LogP) is 18.1. The summed E-state index contributed by atoms with van der Waals surface area (Å²) in [7, 11) is -19.6. The van der Waals surface area contributed by atoms with E-state index in [1.807, 2.05) is 8.25 Å². The molecule has 113 heavy (non-hydrogen) atoms. The minimum Gasteiger partial charge on any atom is -0.726 e. The molecule has 0 saturated heterocycles. The highest BCUT2D eigenvalue weighted by Crippen LogP contribution is 2.63. The molecule has 19 rings (SSSR count). The first kappa shape index (κ1) is 89.6. The van der Waals surface area contributed by atoms with E-state index in [1.165, 1.54) is 73.5 Å². The van der Waals surface area contributed by atoms with Crippen LogP contribution in [0.25, 0.3) is 8.25 Å². The van der Waals surface area contributed by atoms with Crippen LogP contribution in [0.2, 0.25) is 0 Å². The molecule has 0 amide bonds. The normalized spacial score (nSPS) is 26.4. The Bertz CT molecular complexity index is 4230. The van der Waals surface area contributed by atoms with Crippen LogP contribution in [0.3, 0.4) is 0 Å². The molecule has 0 atom stereocenters. The molecular formula is C82H101F6N3O15S7. The number of alkyl halides is 6. The maximum atomic E-state index is 12.2. The molecule has 12 saturated carbocycles. The molecule has 0 radical (unpaired) electrons. The van der Waals surface area contributed by atoms with Crippen molar-refractivity contribution >= 4 is 72.8 Å². The number of sulfonamides is 2. The van der Waals surface area contributed by atoms with Crippen molar-refractivity contribution in [1.29, 1.82) is 0 Å². The highest BCUT2D eigenvalue weighted by molar-refractivity contribution is 8.11. The highest BCUT2D eigenvalue weighted by atomic mass is 32.3. The Balaban J connectivity index is 0.000000144. The van der Waals surface area contributed by atoms with Gasteiger partial charge in [0.25, 0.3) is 0 Å². The summed E-state index contributed by atoms with van der Waals surface area (Å²) in [5.41, 5.74) is -10.5. The van der Waals surface area contributed by atoms with Gasteiger partial charge >= 0.3 is 11.0 Å². The van der Waals surface area contributed by atoms with Gasteiger partial charge in [-0.25, -0.2) is 42.1 Å². The zero-order valence-corrected chi connectivity index (χ0v) is 69.3. The molecule has 18 nitrogen and oxygen atoms in total. The molecule has 1 N–H and O–H groups in total. The van der Waals surface area contributed by atoms with Crippen molar-refractivity contribution in [3.8, 4) is 0 Å². The lowest BCUT2D eigenvalue weighted by atomic mass is 9.50. The average Bonchev–Trinajstić information content (AvgIpc) is 0.758. The van der Waals surface area contributed by atoms with Crippen molar-refractivity contribution in [2.45, 2.75) is 163 Å². The molecule has 0 spiro atoms. The largest absolute Gasteiger partial charge is 0.726 e. The topological polar surface area (TPSA) is 270 Å². The van der Waals surface area contributed by atoms with Gasteiger partial charge in [0.2, 0.25) is 31.0 Å². The Kier molecular flexibility index (Phi) is 30.0. The first-order chi connectivity index (χ1) is 53.1. The van der Waals surface area contributed by atoms with Crippen molar-refractivity contribution in [3.05, 3.63) is 226 Å². The van der Waals surface area contributed by atoms with Gasteiger partial charge in [0.1, 0.15) is 6.54 Å². The van der Waals surface area contributed by atoms with E-state index in [1.54, 1.807) is 0 Å². The summed E-state index contributed by atoms with van der Waals surface area (Å²) in [6.07, 6.45) is 19.8. The zero-order valence-electron chi connectivity index (χ0n) is 63.6. The molecule has 0 aliphatic heterocycles. The van der Waals surface area contributed by atoms with Crippen LogP contribution in [-0.4, -0.2) is 115 Å². The summed E-state index contributed by atoms with van der Waals surface area (Å²) < 4.78 is 208. The number of quaternary nitrogens is 1. The molecule has 31 heteroatoms. The Morgan fingerprint density at radius 1 is 0.381 bits per heavy atom. The van der Waals surface area contributed by atoms with Crippen LogP contribution in [0, 0.1) is 69.5 Å². The van der Waals surface area contributed by atoms with Gasteiger partial charge < -0.3 is 22.4 Å². The van der Waals surface area contributed by atoms with Gasteiger partial charge in [-0.1, -0.05) is 140 Å². The number of hydrogen-bond acceptors (Lipinski definition) is 15. The standard InChI is InChI=1S/2C18H15S.2C12H17F3NO5S2.C11H18O.C10H16N.CH4O4S/c2*1-4-10-16(11-5-1)19(17-12-6-2-7-13-17)18-14-8-3-9-15-18;2*13-12(14,15)22(17,18)16-23(19,20)21-7-11-4-8-1-9(5-11)3-10(2-8)6-11;12-7-11-4-8-1-9(5-11)3-10(2-8)6-11;1-11(2,3)9-10-7-5-4-6-8-10;1-5-6(2,3)4/h2*1-15H;2*8-10H,1-7H2;8-10,12H,1-7H2;4-8H,9H2,1-3H3;1H3,(H,2,3,4)/q2*+1;2*-1;;+1;/p-1. The second-order valence-electron chi connectivity index (χ2n) is 32.8. The van der Waals surface area contributed by atoms with Gasteiger partial charge in [-0.15, -0.1) is 0 Å². The SMILES string of the molecule is COS(=O)(=O)[O-].C[N+](C)(C)Cc1ccccc1.O=S(=O)([N-]S(=O)(=O)C(F)(F)F)OCC12CC3CC(CC(C3)C1)C2.O=S(=O)([N-]S(=O)(=O)C(F)(F)F)OCC12CC3CC(CC(C3)C1)C2.OCC12CC3CC(CC(C3)C1)C2.c1ccc([S+](c2ccccc2)c2ccccc2)cc1.c1ccc([S+](c2ccccc2)c2ccccc2)cc1. The lowest BCUT2D eigenvalue weighted by molar-refractivity contribution is -0.884. The second-order valence-corrected chi connectivity index (χ2v) is 44.2. The Morgan fingerprint density at radius 2 is 0.575 bits per heavy atom.